The van der Waals surface area contributed by atoms with Gasteiger partial charge in [-0.1, -0.05) is 16.8 Å². The molecule has 0 radical (unpaired) electrons. The fourth-order valence-electron chi connectivity index (χ4n) is 1.37. The summed E-state index contributed by atoms with van der Waals surface area (Å²) in [4.78, 5) is 10.8. The van der Waals surface area contributed by atoms with Gasteiger partial charge in [-0.15, -0.1) is 0 Å². The van der Waals surface area contributed by atoms with Gasteiger partial charge < -0.3 is 9.63 Å². The molecule has 2 rings (SSSR count). The molecule has 17 heavy (non-hydrogen) atoms. The van der Waals surface area contributed by atoms with Crippen molar-refractivity contribution in [3.8, 4) is 11.3 Å². The molecule has 2 aromatic rings. The predicted octanol–water partition coefficient (Wildman–Crippen LogP) is 3.18. The number of halogens is 1. The Morgan fingerprint density at radius 1 is 1.41 bits per heavy atom. The predicted molar refractivity (Wildman–Crippen MR) is 63.0 cm³/mol. The van der Waals surface area contributed by atoms with Crippen LogP contribution in [0.25, 0.3) is 11.3 Å². The maximum absolute atomic E-state index is 10.8. The summed E-state index contributed by atoms with van der Waals surface area (Å²) < 4.78 is 5.11. The third kappa shape index (κ3) is 2.47. The van der Waals surface area contributed by atoms with Gasteiger partial charge in [0.2, 0.25) is 0 Å². The maximum Gasteiger partial charge on any atom is 0.312 e. The van der Waals surface area contributed by atoms with E-state index in [-0.39, 0.29) is 0 Å². The Balaban J connectivity index is 2.29. The summed E-state index contributed by atoms with van der Waals surface area (Å²) in [6.07, 6.45) is 0. The summed E-state index contributed by atoms with van der Waals surface area (Å²) in [7, 11) is 0. The van der Waals surface area contributed by atoms with Crippen molar-refractivity contribution in [1.82, 2.24) is 5.16 Å². The molecule has 88 valence electrons. The number of nitrogens with zero attached hydrogens (tertiary/aromatic N) is 1. The van der Waals surface area contributed by atoms with Gasteiger partial charge in [-0.3, -0.25) is 4.79 Å². The van der Waals surface area contributed by atoms with E-state index in [1.165, 1.54) is 0 Å². The van der Waals surface area contributed by atoms with Crippen LogP contribution in [0.5, 0.6) is 0 Å². The minimum absolute atomic E-state index is 0.405. The van der Waals surface area contributed by atoms with Crippen LogP contribution in [0.1, 0.15) is 18.5 Å². The van der Waals surface area contributed by atoms with E-state index in [9.17, 15) is 4.79 Å². The molecule has 1 atom stereocenters. The Labute approximate surface area is 103 Å². The zero-order valence-corrected chi connectivity index (χ0v) is 9.81. The van der Waals surface area contributed by atoms with Gasteiger partial charge in [-0.2, -0.15) is 0 Å². The smallest absolute Gasteiger partial charge is 0.312 e. The molecule has 0 amide bonds. The summed E-state index contributed by atoms with van der Waals surface area (Å²) in [5.41, 5.74) is 1.22. The van der Waals surface area contributed by atoms with Crippen molar-refractivity contribution in [3.63, 3.8) is 0 Å². The first-order valence-corrected chi connectivity index (χ1v) is 5.41. The molecule has 0 aliphatic carbocycles. The van der Waals surface area contributed by atoms with Crippen molar-refractivity contribution in [2.24, 2.45) is 0 Å². The van der Waals surface area contributed by atoms with Crippen molar-refractivity contribution in [3.05, 3.63) is 41.0 Å². The Hall–Kier alpha value is -1.81. The molecule has 1 N–H and O–H groups in total. The number of hydrogen-bond acceptors (Lipinski definition) is 3. The number of aromatic nitrogens is 1. The third-order valence-corrected chi connectivity index (χ3v) is 2.72. The minimum Gasteiger partial charge on any atom is -0.481 e. The SMILES string of the molecule is CC(C(=O)O)c1cc(-c2ccc(Cl)cc2)on1. The maximum atomic E-state index is 10.8. The van der Waals surface area contributed by atoms with E-state index in [2.05, 4.69) is 5.16 Å². The van der Waals surface area contributed by atoms with Crippen LogP contribution in [0.4, 0.5) is 0 Å². The van der Waals surface area contributed by atoms with Crippen molar-refractivity contribution in [2.75, 3.05) is 0 Å². The summed E-state index contributed by atoms with van der Waals surface area (Å²) >= 11 is 5.77. The van der Waals surface area contributed by atoms with Gasteiger partial charge in [0.1, 0.15) is 0 Å². The first-order valence-electron chi connectivity index (χ1n) is 5.03. The lowest BCUT2D eigenvalue weighted by Crippen LogP contribution is -2.07. The van der Waals surface area contributed by atoms with Gasteiger partial charge in [-0.05, 0) is 31.2 Å². The highest BCUT2D eigenvalue weighted by atomic mass is 35.5. The molecule has 0 fully saturated rings. The molecule has 0 bridgehead atoms. The molecule has 5 heteroatoms. The van der Waals surface area contributed by atoms with Crippen LogP contribution in [0.15, 0.2) is 34.9 Å². The van der Waals surface area contributed by atoms with Crippen LogP contribution in [0.3, 0.4) is 0 Å². The Morgan fingerprint density at radius 3 is 2.65 bits per heavy atom. The first kappa shape index (κ1) is 11.7. The Morgan fingerprint density at radius 2 is 2.06 bits per heavy atom. The number of hydrogen-bond donors (Lipinski definition) is 1. The zero-order chi connectivity index (χ0) is 12.4. The van der Waals surface area contributed by atoms with Gasteiger partial charge >= 0.3 is 5.97 Å². The van der Waals surface area contributed by atoms with E-state index in [0.29, 0.717) is 16.5 Å². The van der Waals surface area contributed by atoms with Gasteiger partial charge in [0, 0.05) is 16.7 Å². The molecule has 4 nitrogen and oxygen atoms in total. The molecule has 0 aliphatic rings. The number of carbonyl (C=O) groups is 1. The minimum atomic E-state index is -0.930. The molecule has 0 saturated carbocycles. The second kappa shape index (κ2) is 4.59. The fourth-order valence-corrected chi connectivity index (χ4v) is 1.50. The van der Waals surface area contributed by atoms with Crippen molar-refractivity contribution in [2.45, 2.75) is 12.8 Å². The second-order valence-corrected chi connectivity index (χ2v) is 4.12. The molecule has 0 spiro atoms. The van der Waals surface area contributed by atoms with E-state index in [0.717, 1.165) is 5.56 Å². The normalized spacial score (nSPS) is 12.4. The van der Waals surface area contributed by atoms with Crippen LogP contribution in [0.2, 0.25) is 5.02 Å². The summed E-state index contributed by atoms with van der Waals surface area (Å²) in [5, 5.41) is 13.2. The highest BCUT2D eigenvalue weighted by Gasteiger charge is 2.18. The Kier molecular flexibility index (Phi) is 3.15. The molecule has 0 saturated heterocycles. The lowest BCUT2D eigenvalue weighted by atomic mass is 10.1. The largest absolute Gasteiger partial charge is 0.481 e. The second-order valence-electron chi connectivity index (χ2n) is 3.68. The molecule has 1 heterocycles. The quantitative estimate of drug-likeness (QED) is 0.910. The highest BCUT2D eigenvalue weighted by molar-refractivity contribution is 6.30. The number of benzene rings is 1. The monoisotopic (exact) mass is 251 g/mol. The number of aliphatic carboxylic acids is 1. The summed E-state index contributed by atoms with van der Waals surface area (Å²) in [6.45, 7) is 1.56. The van der Waals surface area contributed by atoms with Crippen molar-refractivity contribution < 1.29 is 14.4 Å². The van der Waals surface area contributed by atoms with Crippen molar-refractivity contribution >= 4 is 17.6 Å². The summed E-state index contributed by atoms with van der Waals surface area (Å²) in [5.74, 6) is -1.08. The topological polar surface area (TPSA) is 63.3 Å². The number of rotatable bonds is 3. The number of carboxylic acid groups (broad SMARTS) is 1. The third-order valence-electron chi connectivity index (χ3n) is 2.47. The molecule has 0 aliphatic heterocycles. The molecule has 1 aromatic carbocycles. The van der Waals surface area contributed by atoms with Gasteiger partial charge in [0.25, 0.3) is 0 Å². The Bertz CT molecular complexity index is 533. The average molecular weight is 252 g/mol. The van der Waals surface area contributed by atoms with Gasteiger partial charge in [0.05, 0.1) is 11.6 Å². The fraction of sp³-hybridized carbons (Fsp3) is 0.167. The summed E-state index contributed by atoms with van der Waals surface area (Å²) in [6, 6.07) is 8.68. The van der Waals surface area contributed by atoms with Crippen LogP contribution in [-0.2, 0) is 4.79 Å². The average Bonchev–Trinajstić information content (AvgIpc) is 2.78. The lowest BCUT2D eigenvalue weighted by Gasteiger charge is -1.98. The van der Waals surface area contributed by atoms with Crippen molar-refractivity contribution in [1.29, 1.82) is 0 Å². The molecule has 1 unspecified atom stereocenters. The van der Waals surface area contributed by atoms with Gasteiger partial charge in [-0.25, -0.2) is 0 Å². The van der Waals surface area contributed by atoms with E-state index < -0.39 is 11.9 Å². The van der Waals surface area contributed by atoms with E-state index in [1.54, 1.807) is 37.3 Å². The standard InChI is InChI=1S/C12H10ClNO3/c1-7(12(15)16)10-6-11(17-14-10)8-2-4-9(13)5-3-8/h2-7H,1H3,(H,15,16). The van der Waals surface area contributed by atoms with Crippen LogP contribution < -0.4 is 0 Å². The van der Waals surface area contributed by atoms with E-state index in [1.807, 2.05) is 0 Å². The molecular weight excluding hydrogens is 242 g/mol. The highest BCUT2D eigenvalue weighted by Crippen LogP contribution is 2.25. The van der Waals surface area contributed by atoms with E-state index >= 15 is 0 Å². The molecular formula is C12H10ClNO3. The van der Waals surface area contributed by atoms with Crippen LogP contribution in [-0.4, -0.2) is 16.2 Å². The van der Waals surface area contributed by atoms with Gasteiger partial charge in [0.15, 0.2) is 5.76 Å². The van der Waals surface area contributed by atoms with E-state index in [4.69, 9.17) is 21.2 Å². The van der Waals surface area contributed by atoms with Crippen LogP contribution >= 0.6 is 11.6 Å². The zero-order valence-electron chi connectivity index (χ0n) is 9.05. The first-order chi connectivity index (χ1) is 8.08. The number of carboxylic acids is 1. The molecule has 1 aromatic heterocycles. The van der Waals surface area contributed by atoms with Crippen LogP contribution in [0, 0.1) is 0 Å². The lowest BCUT2D eigenvalue weighted by molar-refractivity contribution is -0.138.